The summed E-state index contributed by atoms with van der Waals surface area (Å²) in [6.45, 7) is 14.1. The number of hydrogen-bond acceptors (Lipinski definition) is 1. The molecule has 0 spiro atoms. The van der Waals surface area contributed by atoms with E-state index in [1.54, 1.807) is 0 Å². The van der Waals surface area contributed by atoms with Gasteiger partial charge in [0.1, 0.15) is 0 Å². The fraction of sp³-hybridized carbons (Fsp3) is 1.00. The van der Waals surface area contributed by atoms with Gasteiger partial charge in [0.25, 0.3) is 0 Å². The summed E-state index contributed by atoms with van der Waals surface area (Å²) >= 11 is 0. The highest BCUT2D eigenvalue weighted by Crippen LogP contribution is 2.40. The molecule has 0 radical (unpaired) electrons. The first-order valence-electron chi connectivity index (χ1n) is 7.46. The molecule has 0 bridgehead atoms. The van der Waals surface area contributed by atoms with Crippen LogP contribution in [0.3, 0.4) is 0 Å². The van der Waals surface area contributed by atoms with E-state index >= 15 is 0 Å². The number of hydrogen-bond donors (Lipinski definition) is 0. The third kappa shape index (κ3) is 4.10. The molecule has 17 heavy (non-hydrogen) atoms. The largest absolute Gasteiger partial charge is 0.414 e. The van der Waals surface area contributed by atoms with Gasteiger partial charge in [0.2, 0.25) is 0 Å². The molecule has 1 rings (SSSR count). The summed E-state index contributed by atoms with van der Waals surface area (Å²) in [5.74, 6) is 0.836. The minimum atomic E-state index is -1.57. The minimum Gasteiger partial charge on any atom is -0.414 e. The van der Waals surface area contributed by atoms with Crippen LogP contribution in [0, 0.1) is 5.92 Å². The Morgan fingerprint density at radius 3 is 2.06 bits per heavy atom. The van der Waals surface area contributed by atoms with Gasteiger partial charge in [0, 0.05) is 6.10 Å². The Kier molecular flexibility index (Phi) is 5.27. The second-order valence-electron chi connectivity index (χ2n) is 7.22. The first-order valence-corrected chi connectivity index (χ1v) is 10.4. The van der Waals surface area contributed by atoms with Crippen molar-refractivity contribution < 1.29 is 4.43 Å². The second kappa shape index (κ2) is 5.88. The Labute approximate surface area is 109 Å². The van der Waals surface area contributed by atoms with Crippen molar-refractivity contribution in [3.8, 4) is 0 Å². The highest BCUT2D eigenvalue weighted by Gasteiger charge is 2.40. The van der Waals surface area contributed by atoms with E-state index in [9.17, 15) is 0 Å². The minimum absolute atomic E-state index is 0.342. The first-order chi connectivity index (χ1) is 7.78. The van der Waals surface area contributed by atoms with Gasteiger partial charge < -0.3 is 4.43 Å². The molecule has 2 heteroatoms. The van der Waals surface area contributed by atoms with Crippen molar-refractivity contribution in [1.29, 1.82) is 0 Å². The van der Waals surface area contributed by atoms with Gasteiger partial charge >= 0.3 is 0 Å². The Bertz CT molecular complexity index is 224. The van der Waals surface area contributed by atoms with Crippen molar-refractivity contribution in [3.63, 3.8) is 0 Å². The normalized spacial score (nSPS) is 21.5. The molecule has 1 saturated carbocycles. The molecule has 1 atom stereocenters. The molecule has 1 nitrogen and oxygen atoms in total. The van der Waals surface area contributed by atoms with Crippen molar-refractivity contribution in [2.75, 3.05) is 0 Å². The molecular weight excluding hydrogens is 224 g/mol. The van der Waals surface area contributed by atoms with Crippen LogP contribution in [0.2, 0.25) is 18.1 Å². The highest BCUT2D eigenvalue weighted by molar-refractivity contribution is 6.74. The summed E-state index contributed by atoms with van der Waals surface area (Å²) in [6.07, 6.45) is 8.78. The van der Waals surface area contributed by atoms with Crippen LogP contribution in [0.4, 0.5) is 0 Å². The summed E-state index contributed by atoms with van der Waals surface area (Å²) in [6, 6.07) is 0. The van der Waals surface area contributed by atoms with E-state index in [0.29, 0.717) is 11.1 Å². The average Bonchev–Trinajstić information content (AvgIpc) is 2.25. The zero-order valence-electron chi connectivity index (χ0n) is 12.8. The molecular formula is C15H32OSi. The van der Waals surface area contributed by atoms with Gasteiger partial charge in [-0.1, -0.05) is 47.0 Å². The molecule has 1 aliphatic rings. The molecule has 0 saturated heterocycles. The lowest BCUT2D eigenvalue weighted by atomic mass is 9.84. The third-order valence-electron chi connectivity index (χ3n) is 4.83. The van der Waals surface area contributed by atoms with Crippen LogP contribution in [0.1, 0.15) is 66.2 Å². The zero-order valence-corrected chi connectivity index (χ0v) is 13.8. The fourth-order valence-electron chi connectivity index (χ4n) is 2.57. The van der Waals surface area contributed by atoms with Gasteiger partial charge in [-0.15, -0.1) is 0 Å². The molecule has 0 aromatic heterocycles. The van der Waals surface area contributed by atoms with Crippen molar-refractivity contribution in [2.45, 2.75) is 90.5 Å². The second-order valence-corrected chi connectivity index (χ2v) is 12.0. The van der Waals surface area contributed by atoms with Gasteiger partial charge in [-0.25, -0.2) is 0 Å². The third-order valence-corrected chi connectivity index (χ3v) is 9.33. The van der Waals surface area contributed by atoms with Gasteiger partial charge in [-0.05, 0) is 43.3 Å². The maximum Gasteiger partial charge on any atom is 0.192 e. The monoisotopic (exact) mass is 256 g/mol. The van der Waals surface area contributed by atoms with Gasteiger partial charge in [0.05, 0.1) is 0 Å². The van der Waals surface area contributed by atoms with E-state index < -0.39 is 8.32 Å². The molecule has 0 aromatic rings. The summed E-state index contributed by atoms with van der Waals surface area (Å²) in [7, 11) is -1.57. The van der Waals surface area contributed by atoms with Crippen LogP contribution in [-0.2, 0) is 4.43 Å². The molecule has 0 aromatic carbocycles. The molecule has 0 N–H and O–H groups in total. The molecule has 102 valence electrons. The lowest BCUT2D eigenvalue weighted by Gasteiger charge is -2.42. The van der Waals surface area contributed by atoms with E-state index in [0.717, 1.165) is 5.92 Å². The van der Waals surface area contributed by atoms with Crippen LogP contribution in [0.5, 0.6) is 0 Å². The summed E-state index contributed by atoms with van der Waals surface area (Å²) in [5, 5.41) is 0.342. The topological polar surface area (TPSA) is 9.23 Å². The smallest absolute Gasteiger partial charge is 0.192 e. The summed E-state index contributed by atoms with van der Waals surface area (Å²) in [4.78, 5) is 0. The highest BCUT2D eigenvalue weighted by atomic mass is 28.4. The molecule has 1 aliphatic carbocycles. The molecule has 0 amide bonds. The average molecular weight is 257 g/mol. The summed E-state index contributed by atoms with van der Waals surface area (Å²) < 4.78 is 6.63. The molecule has 1 fully saturated rings. The van der Waals surface area contributed by atoms with Crippen molar-refractivity contribution >= 4 is 8.32 Å². The Morgan fingerprint density at radius 2 is 1.65 bits per heavy atom. The fourth-order valence-corrected chi connectivity index (χ4v) is 4.04. The number of rotatable bonds is 4. The lowest BCUT2D eigenvalue weighted by Crippen LogP contribution is -2.45. The SMILES string of the molecule is CC[C@H](O[Si](C)(C)C(C)(C)C)C1CCCCC1. The van der Waals surface area contributed by atoms with Crippen molar-refractivity contribution in [1.82, 2.24) is 0 Å². The summed E-state index contributed by atoms with van der Waals surface area (Å²) in [5.41, 5.74) is 0. The van der Waals surface area contributed by atoms with Crippen LogP contribution < -0.4 is 0 Å². The zero-order chi connectivity index (χ0) is 13.1. The standard InChI is InChI=1S/C15H32OSi/c1-7-14(13-11-9-8-10-12-13)16-17(5,6)15(2,3)4/h13-14H,7-12H2,1-6H3/t14-/m0/s1. The van der Waals surface area contributed by atoms with Crippen LogP contribution in [-0.4, -0.2) is 14.4 Å². The van der Waals surface area contributed by atoms with Crippen LogP contribution in [0.15, 0.2) is 0 Å². The lowest BCUT2D eigenvalue weighted by molar-refractivity contribution is 0.0903. The van der Waals surface area contributed by atoms with E-state index in [4.69, 9.17) is 4.43 Å². The molecule has 0 aliphatic heterocycles. The van der Waals surface area contributed by atoms with Crippen LogP contribution in [0.25, 0.3) is 0 Å². The maximum absolute atomic E-state index is 6.63. The first kappa shape index (κ1) is 15.2. The van der Waals surface area contributed by atoms with Crippen LogP contribution >= 0.6 is 0 Å². The van der Waals surface area contributed by atoms with E-state index in [-0.39, 0.29) is 0 Å². The Hall–Kier alpha value is 0.177. The van der Waals surface area contributed by atoms with Gasteiger partial charge in [0.15, 0.2) is 8.32 Å². The predicted molar refractivity (Wildman–Crippen MR) is 78.9 cm³/mol. The van der Waals surface area contributed by atoms with Gasteiger partial charge in [-0.3, -0.25) is 0 Å². The quantitative estimate of drug-likeness (QED) is 0.615. The van der Waals surface area contributed by atoms with Crippen molar-refractivity contribution in [2.24, 2.45) is 5.92 Å². The van der Waals surface area contributed by atoms with E-state index in [1.165, 1.54) is 38.5 Å². The molecule has 0 heterocycles. The van der Waals surface area contributed by atoms with Gasteiger partial charge in [-0.2, -0.15) is 0 Å². The van der Waals surface area contributed by atoms with E-state index in [2.05, 4.69) is 40.8 Å². The molecule has 0 unspecified atom stereocenters. The van der Waals surface area contributed by atoms with E-state index in [1.807, 2.05) is 0 Å². The Balaban J connectivity index is 2.62. The predicted octanol–water partition coefficient (Wildman–Crippen LogP) is 5.37. The Morgan fingerprint density at radius 1 is 1.12 bits per heavy atom. The van der Waals surface area contributed by atoms with Crippen molar-refractivity contribution in [3.05, 3.63) is 0 Å². The maximum atomic E-state index is 6.63.